The summed E-state index contributed by atoms with van der Waals surface area (Å²) in [7, 11) is 0. The van der Waals surface area contributed by atoms with Crippen LogP contribution in [0.3, 0.4) is 0 Å². The number of rotatable bonds is 2. The number of aromatic nitrogens is 2. The molecule has 3 rings (SSSR count). The second kappa shape index (κ2) is 5.59. The molecule has 6 heteroatoms. The molecular weight excluding hydrogens is 252 g/mol. The Morgan fingerprint density at radius 1 is 1.28 bits per heavy atom. The van der Waals surface area contributed by atoms with Crippen molar-refractivity contribution in [1.82, 2.24) is 10.1 Å². The second-order valence-electron chi connectivity index (χ2n) is 4.88. The van der Waals surface area contributed by atoms with Crippen molar-refractivity contribution >= 4 is 11.8 Å². The third kappa shape index (κ3) is 2.55. The molecule has 2 fully saturated rings. The van der Waals surface area contributed by atoms with Crippen molar-refractivity contribution < 1.29 is 14.4 Å². The molecule has 1 saturated carbocycles. The largest absolute Gasteiger partial charge is 0.392 e. The maximum atomic E-state index is 9.98. The molecular formula is C12H18N2O3S. The molecule has 3 atom stereocenters. The van der Waals surface area contributed by atoms with Gasteiger partial charge >= 0.3 is 0 Å². The lowest BCUT2D eigenvalue weighted by Crippen LogP contribution is -2.23. The second-order valence-corrected chi connectivity index (χ2v) is 6.03. The highest BCUT2D eigenvalue weighted by Crippen LogP contribution is 2.33. The van der Waals surface area contributed by atoms with Crippen LogP contribution in [0.4, 0.5) is 0 Å². The van der Waals surface area contributed by atoms with Crippen molar-refractivity contribution in [3.8, 4) is 0 Å². The molecule has 1 aromatic heterocycles. The van der Waals surface area contributed by atoms with E-state index in [0.717, 1.165) is 43.8 Å². The first kappa shape index (κ1) is 12.4. The Morgan fingerprint density at radius 2 is 2.17 bits per heavy atom. The van der Waals surface area contributed by atoms with E-state index >= 15 is 0 Å². The maximum absolute atomic E-state index is 9.98. The zero-order valence-corrected chi connectivity index (χ0v) is 11.1. The predicted molar refractivity (Wildman–Crippen MR) is 67.5 cm³/mol. The van der Waals surface area contributed by atoms with Crippen molar-refractivity contribution in [3.63, 3.8) is 0 Å². The molecule has 5 nitrogen and oxygen atoms in total. The Balaban J connectivity index is 1.71. The van der Waals surface area contributed by atoms with Gasteiger partial charge in [-0.3, -0.25) is 0 Å². The number of nitrogens with zero attached hydrogens (tertiary/aromatic N) is 2. The molecule has 0 spiro atoms. The number of aliphatic hydroxyl groups excluding tert-OH is 1. The van der Waals surface area contributed by atoms with E-state index in [1.165, 1.54) is 0 Å². The van der Waals surface area contributed by atoms with Crippen LogP contribution in [0.5, 0.6) is 0 Å². The van der Waals surface area contributed by atoms with Crippen molar-refractivity contribution in [1.29, 1.82) is 0 Å². The van der Waals surface area contributed by atoms with Gasteiger partial charge in [-0.15, -0.1) is 0 Å². The fourth-order valence-electron chi connectivity index (χ4n) is 2.56. The third-order valence-corrected chi connectivity index (χ3v) is 4.60. The normalized spacial score (nSPS) is 33.5. The Hall–Kier alpha value is -0.590. The maximum Gasteiger partial charge on any atom is 0.232 e. The van der Waals surface area contributed by atoms with Gasteiger partial charge in [0.1, 0.15) is 6.10 Å². The van der Waals surface area contributed by atoms with Crippen LogP contribution >= 0.6 is 11.8 Å². The van der Waals surface area contributed by atoms with Crippen LogP contribution in [0.2, 0.25) is 0 Å². The zero-order chi connectivity index (χ0) is 12.4. The molecule has 1 aromatic rings. The summed E-state index contributed by atoms with van der Waals surface area (Å²) < 4.78 is 10.9. The Bertz CT molecular complexity index is 392. The number of thioether (sulfide) groups is 1. The quantitative estimate of drug-likeness (QED) is 0.885. The zero-order valence-electron chi connectivity index (χ0n) is 10.2. The first-order valence-corrected chi connectivity index (χ1v) is 7.71. The Labute approximate surface area is 110 Å². The topological polar surface area (TPSA) is 68.4 Å². The average molecular weight is 270 g/mol. The molecule has 3 unspecified atom stereocenters. The molecule has 0 bridgehead atoms. The summed E-state index contributed by atoms with van der Waals surface area (Å²) in [4.78, 5) is 4.43. The molecule has 1 N–H and O–H groups in total. The summed E-state index contributed by atoms with van der Waals surface area (Å²) in [6, 6.07) is 0. The summed E-state index contributed by atoms with van der Waals surface area (Å²) >= 11 is 1.85. The van der Waals surface area contributed by atoms with Gasteiger partial charge in [0.2, 0.25) is 11.7 Å². The summed E-state index contributed by atoms with van der Waals surface area (Å²) in [5, 5.41) is 14.0. The van der Waals surface area contributed by atoms with Crippen LogP contribution in [-0.4, -0.2) is 39.5 Å². The standard InChI is InChI=1S/C12H18N2O3S/c15-9-4-2-1-3-8(9)12-13-11(14-17-12)10-7-18-6-5-16-10/h8-10,15H,1-7H2. The highest BCUT2D eigenvalue weighted by molar-refractivity contribution is 7.99. The van der Waals surface area contributed by atoms with Crippen molar-refractivity contribution in [3.05, 3.63) is 11.7 Å². The van der Waals surface area contributed by atoms with Gasteiger partial charge in [-0.25, -0.2) is 0 Å². The number of aliphatic hydroxyl groups is 1. The lowest BCUT2D eigenvalue weighted by Gasteiger charge is -2.24. The molecule has 1 saturated heterocycles. The van der Waals surface area contributed by atoms with E-state index in [0.29, 0.717) is 11.7 Å². The molecule has 18 heavy (non-hydrogen) atoms. The minimum Gasteiger partial charge on any atom is -0.392 e. The number of ether oxygens (including phenoxy) is 1. The van der Waals surface area contributed by atoms with E-state index in [9.17, 15) is 5.11 Å². The van der Waals surface area contributed by atoms with Crippen LogP contribution in [0.1, 0.15) is 49.4 Å². The van der Waals surface area contributed by atoms with E-state index < -0.39 is 0 Å². The van der Waals surface area contributed by atoms with Crippen LogP contribution in [-0.2, 0) is 4.74 Å². The minimum absolute atomic E-state index is 0.0104. The molecule has 1 aliphatic carbocycles. The van der Waals surface area contributed by atoms with Gasteiger partial charge < -0.3 is 14.4 Å². The van der Waals surface area contributed by atoms with Gasteiger partial charge in [-0.1, -0.05) is 18.0 Å². The first-order chi connectivity index (χ1) is 8.84. The van der Waals surface area contributed by atoms with E-state index in [2.05, 4.69) is 10.1 Å². The summed E-state index contributed by atoms with van der Waals surface area (Å²) in [6.07, 6.45) is 3.58. The molecule has 2 aliphatic rings. The van der Waals surface area contributed by atoms with Crippen LogP contribution in [0, 0.1) is 0 Å². The van der Waals surface area contributed by atoms with E-state index in [1.54, 1.807) is 0 Å². The summed E-state index contributed by atoms with van der Waals surface area (Å²) in [5.41, 5.74) is 0. The van der Waals surface area contributed by atoms with Crippen LogP contribution < -0.4 is 0 Å². The summed E-state index contributed by atoms with van der Waals surface area (Å²) in [6.45, 7) is 0.741. The summed E-state index contributed by atoms with van der Waals surface area (Å²) in [5.74, 6) is 3.14. The predicted octanol–water partition coefficient (Wildman–Crippen LogP) is 1.89. The molecule has 0 radical (unpaired) electrons. The molecule has 100 valence electrons. The molecule has 1 aliphatic heterocycles. The first-order valence-electron chi connectivity index (χ1n) is 6.55. The van der Waals surface area contributed by atoms with E-state index in [4.69, 9.17) is 9.26 Å². The van der Waals surface area contributed by atoms with E-state index in [-0.39, 0.29) is 18.1 Å². The van der Waals surface area contributed by atoms with Gasteiger partial charge in [0, 0.05) is 11.5 Å². The highest BCUT2D eigenvalue weighted by Gasteiger charge is 2.31. The van der Waals surface area contributed by atoms with Gasteiger partial charge in [0.25, 0.3) is 0 Å². The van der Waals surface area contributed by atoms with E-state index in [1.807, 2.05) is 11.8 Å². The van der Waals surface area contributed by atoms with Gasteiger partial charge in [0.05, 0.1) is 18.6 Å². The van der Waals surface area contributed by atoms with Gasteiger partial charge in [-0.05, 0) is 12.8 Å². The fourth-order valence-corrected chi connectivity index (χ4v) is 3.40. The number of hydrogen-bond donors (Lipinski definition) is 1. The molecule has 0 amide bonds. The highest BCUT2D eigenvalue weighted by atomic mass is 32.2. The average Bonchev–Trinajstić information content (AvgIpc) is 2.90. The SMILES string of the molecule is OC1CCCCC1c1nc(C2CSCCO2)no1. The Kier molecular flexibility index (Phi) is 3.86. The van der Waals surface area contributed by atoms with Crippen molar-refractivity contribution in [2.75, 3.05) is 18.1 Å². The van der Waals surface area contributed by atoms with Crippen LogP contribution in [0.25, 0.3) is 0 Å². The van der Waals surface area contributed by atoms with Gasteiger partial charge in [0.15, 0.2) is 0 Å². The minimum atomic E-state index is -0.339. The van der Waals surface area contributed by atoms with Crippen molar-refractivity contribution in [2.45, 2.75) is 43.8 Å². The Morgan fingerprint density at radius 3 is 2.94 bits per heavy atom. The van der Waals surface area contributed by atoms with Gasteiger partial charge in [-0.2, -0.15) is 16.7 Å². The fraction of sp³-hybridized carbons (Fsp3) is 0.833. The monoisotopic (exact) mass is 270 g/mol. The van der Waals surface area contributed by atoms with Crippen molar-refractivity contribution in [2.24, 2.45) is 0 Å². The third-order valence-electron chi connectivity index (χ3n) is 3.61. The molecule has 0 aromatic carbocycles. The molecule has 2 heterocycles. The van der Waals surface area contributed by atoms with Crippen LogP contribution in [0.15, 0.2) is 4.52 Å². The lowest BCUT2D eigenvalue weighted by atomic mass is 9.86. The number of hydrogen-bond acceptors (Lipinski definition) is 6. The smallest absolute Gasteiger partial charge is 0.232 e. The lowest BCUT2D eigenvalue weighted by molar-refractivity contribution is 0.0676.